The summed E-state index contributed by atoms with van der Waals surface area (Å²) in [5, 5.41) is 10.3. The number of halogens is 1. The Labute approximate surface area is 78.3 Å². The summed E-state index contributed by atoms with van der Waals surface area (Å²) >= 11 is 2.15. The highest BCUT2D eigenvalue weighted by atomic mass is 127. The highest BCUT2D eigenvalue weighted by Gasteiger charge is 1.90. The molecular formula is C7H8IN3. The first-order chi connectivity index (χ1) is 5.47. The van der Waals surface area contributed by atoms with Crippen molar-refractivity contribution in [1.82, 2.24) is 15.4 Å². The van der Waals surface area contributed by atoms with Crippen molar-refractivity contribution in [1.29, 1.82) is 0 Å². The van der Waals surface area contributed by atoms with Crippen LogP contribution in [0.4, 0.5) is 0 Å². The van der Waals surface area contributed by atoms with Crippen molar-refractivity contribution in [2.24, 2.45) is 0 Å². The van der Waals surface area contributed by atoms with Gasteiger partial charge < -0.3 is 0 Å². The summed E-state index contributed by atoms with van der Waals surface area (Å²) in [6, 6.07) is 7.70. The molecule has 2 aromatic rings. The molecule has 0 atom stereocenters. The van der Waals surface area contributed by atoms with E-state index in [0.29, 0.717) is 0 Å². The molecule has 0 amide bonds. The van der Waals surface area contributed by atoms with Gasteiger partial charge in [-0.1, -0.05) is 34.7 Å². The van der Waals surface area contributed by atoms with Gasteiger partial charge in [-0.3, -0.25) is 0 Å². The van der Waals surface area contributed by atoms with Crippen LogP contribution in [0.25, 0.3) is 11.0 Å². The predicted molar refractivity (Wildman–Crippen MR) is 53.8 cm³/mol. The van der Waals surface area contributed by atoms with Crippen LogP contribution in [-0.4, -0.2) is 20.3 Å². The van der Waals surface area contributed by atoms with Crippen LogP contribution in [0.15, 0.2) is 24.3 Å². The van der Waals surface area contributed by atoms with E-state index in [1.165, 1.54) is 0 Å². The third-order valence-corrected chi connectivity index (χ3v) is 1.22. The smallest absolute Gasteiger partial charge is 0.112 e. The van der Waals surface area contributed by atoms with E-state index in [0.717, 1.165) is 11.0 Å². The molecule has 0 fully saturated rings. The van der Waals surface area contributed by atoms with Crippen LogP contribution in [0, 0.1) is 0 Å². The second-order valence-electron chi connectivity index (χ2n) is 1.81. The number of aromatic amines is 1. The van der Waals surface area contributed by atoms with E-state index >= 15 is 0 Å². The van der Waals surface area contributed by atoms with Gasteiger partial charge in [-0.25, -0.2) is 0 Å². The second-order valence-corrected chi connectivity index (χ2v) is 1.81. The summed E-state index contributed by atoms with van der Waals surface area (Å²) in [4.78, 5) is 1.97. The molecule has 1 N–H and O–H groups in total. The van der Waals surface area contributed by atoms with E-state index < -0.39 is 0 Å². The molecule has 4 heteroatoms. The van der Waals surface area contributed by atoms with Crippen molar-refractivity contribution in [3.63, 3.8) is 0 Å². The third kappa shape index (κ3) is 1.89. The van der Waals surface area contributed by atoms with E-state index in [4.69, 9.17) is 0 Å². The molecule has 0 aliphatic rings. The lowest BCUT2D eigenvalue weighted by atomic mass is 10.3. The number of hydrogen-bond acceptors (Lipinski definition) is 2. The number of aromatic nitrogens is 3. The Hall–Kier alpha value is -0.650. The molecule has 0 saturated heterocycles. The Balaban J connectivity index is 0.000000281. The zero-order chi connectivity index (χ0) is 8.10. The molecule has 0 aliphatic carbocycles. The quantitative estimate of drug-likeness (QED) is 0.582. The van der Waals surface area contributed by atoms with Gasteiger partial charge in [-0.15, -0.1) is 0 Å². The monoisotopic (exact) mass is 261 g/mol. The minimum absolute atomic E-state index is 0.914. The number of alkyl halides is 1. The first kappa shape index (κ1) is 8.45. The lowest BCUT2D eigenvalue weighted by molar-refractivity contribution is 0.959. The van der Waals surface area contributed by atoms with Gasteiger partial charge in [0.15, 0.2) is 0 Å². The molecule has 11 heavy (non-hydrogen) atoms. The molecular weight excluding hydrogens is 253 g/mol. The zero-order valence-electron chi connectivity index (χ0n) is 6.08. The van der Waals surface area contributed by atoms with Gasteiger partial charge in [0.25, 0.3) is 0 Å². The molecule has 0 radical (unpaired) electrons. The van der Waals surface area contributed by atoms with Gasteiger partial charge >= 0.3 is 0 Å². The van der Waals surface area contributed by atoms with Crippen LogP contribution >= 0.6 is 22.6 Å². The lowest BCUT2D eigenvalue weighted by Gasteiger charge is -1.78. The molecule has 1 aromatic heterocycles. The fraction of sp³-hybridized carbons (Fsp3) is 0.143. The maximum Gasteiger partial charge on any atom is 0.112 e. The van der Waals surface area contributed by atoms with Crippen LogP contribution in [0.3, 0.4) is 0 Å². The minimum atomic E-state index is 0.914. The van der Waals surface area contributed by atoms with Crippen molar-refractivity contribution < 1.29 is 0 Å². The fourth-order valence-corrected chi connectivity index (χ4v) is 0.786. The number of nitrogens with zero attached hydrogens (tertiary/aromatic N) is 2. The average Bonchev–Trinajstić information content (AvgIpc) is 2.55. The molecule has 2 rings (SSSR count). The molecule has 0 bridgehead atoms. The van der Waals surface area contributed by atoms with Crippen LogP contribution in [0.1, 0.15) is 0 Å². The van der Waals surface area contributed by atoms with E-state index in [1.54, 1.807) is 0 Å². The molecule has 3 nitrogen and oxygen atoms in total. The number of hydrogen-bond donors (Lipinski definition) is 1. The molecule has 1 heterocycles. The van der Waals surface area contributed by atoms with Crippen LogP contribution in [0.5, 0.6) is 0 Å². The topological polar surface area (TPSA) is 41.6 Å². The highest BCUT2D eigenvalue weighted by molar-refractivity contribution is 14.1. The van der Waals surface area contributed by atoms with E-state index in [-0.39, 0.29) is 0 Å². The molecule has 0 unspecified atom stereocenters. The van der Waals surface area contributed by atoms with Gasteiger partial charge in [0.2, 0.25) is 0 Å². The Morgan fingerprint density at radius 2 is 1.55 bits per heavy atom. The number of rotatable bonds is 0. The van der Waals surface area contributed by atoms with Crippen molar-refractivity contribution in [3.8, 4) is 0 Å². The third-order valence-electron chi connectivity index (χ3n) is 1.22. The summed E-state index contributed by atoms with van der Waals surface area (Å²) in [5.41, 5.74) is 1.83. The van der Waals surface area contributed by atoms with Gasteiger partial charge in [-0.05, 0) is 17.1 Å². The van der Waals surface area contributed by atoms with Crippen LogP contribution in [0.2, 0.25) is 0 Å². The summed E-state index contributed by atoms with van der Waals surface area (Å²) in [6.07, 6.45) is 0. The maximum atomic E-state index is 3.88. The molecule has 0 saturated carbocycles. The summed E-state index contributed by atoms with van der Waals surface area (Å²) in [6.45, 7) is 0. The van der Waals surface area contributed by atoms with Crippen molar-refractivity contribution >= 4 is 33.6 Å². The second kappa shape index (κ2) is 4.27. The fourth-order valence-electron chi connectivity index (χ4n) is 0.786. The molecule has 0 spiro atoms. The SMILES string of the molecule is CI.c1ccc2n[nH]nc2c1. The maximum absolute atomic E-state index is 3.88. The number of para-hydroxylation sites is 2. The lowest BCUT2D eigenvalue weighted by Crippen LogP contribution is -1.63. The average molecular weight is 261 g/mol. The Bertz CT molecular complexity index is 288. The van der Waals surface area contributed by atoms with E-state index in [9.17, 15) is 0 Å². The Kier molecular flexibility index (Phi) is 3.28. The Morgan fingerprint density at radius 3 is 2.00 bits per heavy atom. The molecule has 0 aliphatic heterocycles. The number of benzene rings is 1. The largest absolute Gasteiger partial charge is 0.197 e. The van der Waals surface area contributed by atoms with Gasteiger partial charge in [0, 0.05) is 0 Å². The Morgan fingerprint density at radius 1 is 1.09 bits per heavy atom. The van der Waals surface area contributed by atoms with Crippen LogP contribution in [-0.2, 0) is 0 Å². The minimum Gasteiger partial charge on any atom is -0.197 e. The first-order valence-electron chi connectivity index (χ1n) is 3.10. The summed E-state index contributed by atoms with van der Waals surface area (Å²) in [7, 11) is 0. The van der Waals surface area contributed by atoms with Crippen molar-refractivity contribution in [2.45, 2.75) is 0 Å². The van der Waals surface area contributed by atoms with Crippen LogP contribution < -0.4 is 0 Å². The van der Waals surface area contributed by atoms with Crippen molar-refractivity contribution in [2.75, 3.05) is 4.93 Å². The predicted octanol–water partition coefficient (Wildman–Crippen LogP) is 2.01. The number of fused-ring (bicyclic) bond motifs is 1. The number of nitrogens with one attached hydrogen (secondary N) is 1. The molecule has 1 aromatic carbocycles. The van der Waals surface area contributed by atoms with Gasteiger partial charge in [0.05, 0.1) is 0 Å². The summed E-state index contributed by atoms with van der Waals surface area (Å²) < 4.78 is 0. The van der Waals surface area contributed by atoms with E-state index in [2.05, 4.69) is 38.0 Å². The standard InChI is InChI=1S/C6H5N3.CH3I/c1-2-4-6-5(3-1)7-9-8-6;1-2/h1-4H,(H,7,8,9);1H3. The van der Waals surface area contributed by atoms with Gasteiger partial charge in [-0.2, -0.15) is 15.4 Å². The normalized spacial score (nSPS) is 8.91. The highest BCUT2D eigenvalue weighted by Crippen LogP contribution is 2.03. The molecule has 58 valence electrons. The number of H-pyrrole nitrogens is 1. The first-order valence-corrected chi connectivity index (χ1v) is 5.26. The van der Waals surface area contributed by atoms with Gasteiger partial charge in [0.1, 0.15) is 11.0 Å². The summed E-state index contributed by atoms with van der Waals surface area (Å²) in [5.74, 6) is 0. The van der Waals surface area contributed by atoms with E-state index in [1.807, 2.05) is 29.2 Å². The zero-order valence-corrected chi connectivity index (χ0v) is 8.24. The van der Waals surface area contributed by atoms with Crippen molar-refractivity contribution in [3.05, 3.63) is 24.3 Å².